The lowest BCUT2D eigenvalue weighted by Crippen LogP contribution is -2.21. The van der Waals surface area contributed by atoms with Crippen molar-refractivity contribution >= 4 is 23.6 Å². The molecule has 0 saturated heterocycles. The first-order valence-corrected chi connectivity index (χ1v) is 8.50. The first-order chi connectivity index (χ1) is 14.2. The number of alkyl halides is 3. The number of nitrogens with one attached hydrogen (secondary N) is 1. The average molecular weight is 420 g/mol. The number of rotatable bonds is 6. The molecule has 30 heavy (non-hydrogen) atoms. The van der Waals surface area contributed by atoms with E-state index in [-0.39, 0.29) is 11.4 Å². The summed E-state index contributed by atoms with van der Waals surface area (Å²) in [4.78, 5) is 27.6. The summed E-state index contributed by atoms with van der Waals surface area (Å²) in [5.41, 5.74) is -0.971. The molecule has 0 atom stereocenters. The highest BCUT2D eigenvalue weighted by Gasteiger charge is 2.31. The summed E-state index contributed by atoms with van der Waals surface area (Å²) in [6, 6.07) is 6.11. The third-order valence-electron chi connectivity index (χ3n) is 3.75. The first-order valence-electron chi connectivity index (χ1n) is 8.50. The van der Waals surface area contributed by atoms with Gasteiger partial charge in [0.2, 0.25) is 0 Å². The van der Waals surface area contributed by atoms with Crippen molar-refractivity contribution in [2.75, 3.05) is 11.9 Å². The number of halogens is 3. The van der Waals surface area contributed by atoms with Gasteiger partial charge in [0, 0.05) is 6.08 Å². The molecule has 0 fully saturated rings. The Morgan fingerprint density at radius 3 is 2.70 bits per heavy atom. The maximum atomic E-state index is 13.0. The number of ether oxygens (including phenoxy) is 1. The van der Waals surface area contributed by atoms with Gasteiger partial charge in [-0.3, -0.25) is 4.79 Å². The number of aromatic nitrogens is 3. The van der Waals surface area contributed by atoms with Crippen molar-refractivity contribution in [3.8, 4) is 5.69 Å². The fourth-order valence-corrected chi connectivity index (χ4v) is 2.41. The van der Waals surface area contributed by atoms with Gasteiger partial charge in [-0.1, -0.05) is 0 Å². The summed E-state index contributed by atoms with van der Waals surface area (Å²) in [5.74, 6) is -0.562. The molecule has 2 heterocycles. The maximum absolute atomic E-state index is 13.0. The minimum absolute atomic E-state index is 0.160. The van der Waals surface area contributed by atoms with E-state index in [1.165, 1.54) is 23.4 Å². The summed E-state index contributed by atoms with van der Waals surface area (Å²) in [5, 5.41) is 6.14. The summed E-state index contributed by atoms with van der Waals surface area (Å²) in [6.07, 6.45) is 0.276. The molecule has 0 unspecified atom stereocenters. The molecule has 8 nitrogen and oxygen atoms in total. The molecule has 1 amide bonds. The van der Waals surface area contributed by atoms with Gasteiger partial charge in [0.05, 0.1) is 16.9 Å². The number of aryl methyl sites for hydroxylation is 1. The fourth-order valence-electron chi connectivity index (χ4n) is 2.41. The van der Waals surface area contributed by atoms with E-state index in [1.54, 1.807) is 19.1 Å². The smallest absolute Gasteiger partial charge is 0.416 e. The van der Waals surface area contributed by atoms with Crippen LogP contribution in [0.1, 0.15) is 17.1 Å². The summed E-state index contributed by atoms with van der Waals surface area (Å²) in [7, 11) is 0. The van der Waals surface area contributed by atoms with Crippen LogP contribution in [0.4, 0.5) is 18.9 Å². The predicted octanol–water partition coefficient (Wildman–Crippen LogP) is 3.38. The molecule has 0 spiro atoms. The average Bonchev–Trinajstić information content (AvgIpc) is 3.36. The van der Waals surface area contributed by atoms with E-state index in [2.05, 4.69) is 15.4 Å². The highest BCUT2D eigenvalue weighted by molar-refractivity contribution is 5.96. The van der Waals surface area contributed by atoms with Crippen molar-refractivity contribution in [1.29, 1.82) is 0 Å². The Balaban J connectivity index is 1.67. The molecule has 3 rings (SSSR count). The van der Waals surface area contributed by atoms with Crippen molar-refractivity contribution < 1.29 is 31.9 Å². The van der Waals surface area contributed by atoms with Crippen molar-refractivity contribution in [3.05, 3.63) is 66.1 Å². The van der Waals surface area contributed by atoms with E-state index in [0.29, 0.717) is 11.5 Å². The predicted molar refractivity (Wildman–Crippen MR) is 98.4 cm³/mol. The lowest BCUT2D eigenvalue weighted by Gasteiger charge is -2.14. The summed E-state index contributed by atoms with van der Waals surface area (Å²) in [6.45, 7) is 1.04. The molecule has 1 aromatic carbocycles. The fraction of sp³-hybridized carbons (Fsp3) is 0.158. The van der Waals surface area contributed by atoms with Gasteiger partial charge in [0.25, 0.3) is 5.91 Å². The van der Waals surface area contributed by atoms with E-state index >= 15 is 0 Å². The Hall–Kier alpha value is -3.89. The second kappa shape index (κ2) is 8.64. The second-order valence-electron chi connectivity index (χ2n) is 6.01. The highest BCUT2D eigenvalue weighted by Crippen LogP contribution is 2.33. The molecule has 0 aliphatic heterocycles. The van der Waals surface area contributed by atoms with Crippen molar-refractivity contribution in [2.24, 2.45) is 0 Å². The maximum Gasteiger partial charge on any atom is 0.416 e. The minimum Gasteiger partial charge on any atom is -0.462 e. The standard InChI is InChI=1S/C19H15F3N4O4/c1-12-2-4-14(30-12)5-7-18(28)29-9-17(27)25-15-8-13(19(20,21)22)3-6-16(15)26-11-23-10-24-26/h2-8,10-11H,9H2,1H3,(H,25,27)/b7-5+. The monoisotopic (exact) mass is 420 g/mol. The molecule has 2 aromatic heterocycles. The quantitative estimate of drug-likeness (QED) is 0.485. The number of anilines is 1. The molecule has 1 N–H and O–H groups in total. The largest absolute Gasteiger partial charge is 0.462 e. The lowest BCUT2D eigenvalue weighted by atomic mass is 10.1. The molecule has 0 saturated carbocycles. The number of hydrogen-bond donors (Lipinski definition) is 1. The number of carbonyl (C=O) groups excluding carboxylic acids is 2. The third-order valence-corrected chi connectivity index (χ3v) is 3.75. The van der Waals surface area contributed by atoms with Gasteiger partial charge in [-0.05, 0) is 43.3 Å². The Bertz CT molecular complexity index is 1070. The van der Waals surface area contributed by atoms with Gasteiger partial charge in [-0.25, -0.2) is 14.5 Å². The van der Waals surface area contributed by atoms with E-state index in [1.807, 2.05) is 0 Å². The highest BCUT2D eigenvalue weighted by atomic mass is 19.4. The van der Waals surface area contributed by atoms with Gasteiger partial charge in [0.15, 0.2) is 6.61 Å². The van der Waals surface area contributed by atoms with Crippen LogP contribution in [0.5, 0.6) is 0 Å². The summed E-state index contributed by atoms with van der Waals surface area (Å²) < 4.78 is 50.3. The number of hydrogen-bond acceptors (Lipinski definition) is 6. The van der Waals surface area contributed by atoms with Crippen LogP contribution in [-0.2, 0) is 20.5 Å². The van der Waals surface area contributed by atoms with Crippen LogP contribution >= 0.6 is 0 Å². The van der Waals surface area contributed by atoms with Crippen molar-refractivity contribution in [1.82, 2.24) is 14.8 Å². The van der Waals surface area contributed by atoms with Crippen molar-refractivity contribution in [2.45, 2.75) is 13.1 Å². The molecule has 156 valence electrons. The van der Waals surface area contributed by atoms with E-state index < -0.39 is 30.2 Å². The van der Waals surface area contributed by atoms with Crippen LogP contribution in [0.15, 0.2) is 53.5 Å². The van der Waals surface area contributed by atoms with E-state index in [4.69, 9.17) is 9.15 Å². The summed E-state index contributed by atoms with van der Waals surface area (Å²) >= 11 is 0. The van der Waals surface area contributed by atoms with Gasteiger partial charge >= 0.3 is 12.1 Å². The molecule has 11 heteroatoms. The number of benzene rings is 1. The number of carbonyl (C=O) groups is 2. The zero-order chi connectivity index (χ0) is 21.7. The minimum atomic E-state index is -4.61. The lowest BCUT2D eigenvalue weighted by molar-refractivity contribution is -0.142. The van der Waals surface area contributed by atoms with Crippen LogP contribution in [0.25, 0.3) is 11.8 Å². The number of nitrogens with zero attached hydrogens (tertiary/aromatic N) is 3. The SMILES string of the molecule is Cc1ccc(/C=C/C(=O)OCC(=O)Nc2cc(C(F)(F)F)ccc2-n2cncn2)o1. The van der Waals surface area contributed by atoms with E-state index in [9.17, 15) is 22.8 Å². The Labute approximate surface area is 168 Å². The van der Waals surface area contributed by atoms with Gasteiger partial charge in [-0.2, -0.15) is 18.3 Å². The van der Waals surface area contributed by atoms with E-state index in [0.717, 1.165) is 24.3 Å². The van der Waals surface area contributed by atoms with Crippen LogP contribution in [0.2, 0.25) is 0 Å². The zero-order valence-electron chi connectivity index (χ0n) is 15.5. The number of amides is 1. The van der Waals surface area contributed by atoms with Crippen LogP contribution in [0.3, 0.4) is 0 Å². The van der Waals surface area contributed by atoms with Gasteiger partial charge in [0.1, 0.15) is 24.2 Å². The zero-order valence-corrected chi connectivity index (χ0v) is 15.5. The molecule has 3 aromatic rings. The second-order valence-corrected chi connectivity index (χ2v) is 6.01. The van der Waals surface area contributed by atoms with Crippen LogP contribution < -0.4 is 5.32 Å². The Kier molecular flexibility index (Phi) is 6.00. The molecule has 0 radical (unpaired) electrons. The first kappa shape index (κ1) is 20.8. The molecular weight excluding hydrogens is 405 g/mol. The van der Waals surface area contributed by atoms with Gasteiger partial charge in [-0.15, -0.1) is 0 Å². The third kappa shape index (κ3) is 5.34. The van der Waals surface area contributed by atoms with Crippen molar-refractivity contribution in [3.63, 3.8) is 0 Å². The molecular formula is C19H15F3N4O4. The van der Waals surface area contributed by atoms with Crippen LogP contribution in [-0.4, -0.2) is 33.2 Å². The molecule has 0 aliphatic carbocycles. The molecule has 0 bridgehead atoms. The molecule has 0 aliphatic rings. The van der Waals surface area contributed by atoms with Crippen LogP contribution in [0, 0.1) is 6.92 Å². The number of furan rings is 1. The Morgan fingerprint density at radius 2 is 2.07 bits per heavy atom. The normalized spacial score (nSPS) is 11.6. The topological polar surface area (TPSA) is 99.2 Å². The van der Waals surface area contributed by atoms with Gasteiger partial charge < -0.3 is 14.5 Å². The Morgan fingerprint density at radius 1 is 1.27 bits per heavy atom. The number of esters is 1.